The van der Waals surface area contributed by atoms with E-state index in [9.17, 15) is 9.18 Å². The minimum Gasteiger partial charge on any atom is -0.489 e. The number of aryl methyl sites for hydroxylation is 1. The fraction of sp³-hybridized carbons (Fsp3) is 0.567. The molecule has 3 aliphatic carbocycles. The summed E-state index contributed by atoms with van der Waals surface area (Å²) in [5, 5.41) is 0. The van der Waals surface area contributed by atoms with E-state index >= 15 is 0 Å². The van der Waals surface area contributed by atoms with E-state index in [2.05, 4.69) is 32.0 Å². The number of hydrogen-bond donors (Lipinski definition) is 0. The number of benzene rings is 2. The van der Waals surface area contributed by atoms with Gasteiger partial charge in [-0.15, -0.1) is 0 Å². The van der Waals surface area contributed by atoms with Crippen LogP contribution in [0.1, 0.15) is 87.8 Å². The van der Waals surface area contributed by atoms with Crippen LogP contribution in [0.4, 0.5) is 4.39 Å². The van der Waals surface area contributed by atoms with Crippen LogP contribution in [0.2, 0.25) is 0 Å². The second kappa shape index (κ2) is 9.71. The molecule has 0 spiro atoms. The number of esters is 1. The van der Waals surface area contributed by atoms with E-state index in [0.717, 1.165) is 44.3 Å². The quantitative estimate of drug-likeness (QED) is 0.402. The molecular formula is C30H37FO3. The van der Waals surface area contributed by atoms with Gasteiger partial charge in [-0.1, -0.05) is 44.5 Å². The van der Waals surface area contributed by atoms with Gasteiger partial charge in [-0.2, -0.15) is 0 Å². The third kappa shape index (κ3) is 4.36. The lowest BCUT2D eigenvalue weighted by molar-refractivity contribution is -0.157. The predicted molar refractivity (Wildman–Crippen MR) is 131 cm³/mol. The summed E-state index contributed by atoms with van der Waals surface area (Å²) in [6.07, 6.45) is 9.27. The number of carbonyl (C=O) groups excluding carboxylic acids is 1. The lowest BCUT2D eigenvalue weighted by Crippen LogP contribution is -2.45. The molecule has 2 aromatic rings. The first-order valence-electron chi connectivity index (χ1n) is 13.2. The van der Waals surface area contributed by atoms with Crippen LogP contribution >= 0.6 is 0 Å². The summed E-state index contributed by atoms with van der Waals surface area (Å²) < 4.78 is 25.9. The van der Waals surface area contributed by atoms with E-state index in [1.165, 1.54) is 30.0 Å². The average Bonchev–Trinajstić information content (AvgIpc) is 3.17. The van der Waals surface area contributed by atoms with Crippen LogP contribution < -0.4 is 4.74 Å². The van der Waals surface area contributed by atoms with Gasteiger partial charge < -0.3 is 9.47 Å². The first kappa shape index (κ1) is 23.4. The molecule has 0 unspecified atom stereocenters. The summed E-state index contributed by atoms with van der Waals surface area (Å²) in [6, 6.07) is 13.3. The van der Waals surface area contributed by atoms with Crippen molar-refractivity contribution in [1.82, 2.24) is 0 Å². The van der Waals surface area contributed by atoms with Crippen LogP contribution in [-0.2, 0) is 22.6 Å². The van der Waals surface area contributed by atoms with Crippen LogP contribution in [-0.4, -0.2) is 12.1 Å². The Hall–Kier alpha value is -2.36. The van der Waals surface area contributed by atoms with Gasteiger partial charge in [0, 0.05) is 17.4 Å². The number of unbranched alkanes of at least 4 members (excludes halogenated alkanes) is 1. The summed E-state index contributed by atoms with van der Waals surface area (Å²) in [7, 11) is 0. The Kier molecular flexibility index (Phi) is 6.68. The highest BCUT2D eigenvalue weighted by molar-refractivity contribution is 5.69. The molecule has 2 fully saturated rings. The Labute approximate surface area is 203 Å². The van der Waals surface area contributed by atoms with Crippen LogP contribution in [0.15, 0.2) is 42.5 Å². The first-order chi connectivity index (χ1) is 16.5. The molecule has 182 valence electrons. The van der Waals surface area contributed by atoms with Crippen LogP contribution in [0, 0.1) is 23.1 Å². The van der Waals surface area contributed by atoms with E-state index in [0.29, 0.717) is 29.7 Å². The Bertz CT molecular complexity index is 1030. The topological polar surface area (TPSA) is 35.5 Å². The largest absolute Gasteiger partial charge is 0.489 e. The lowest BCUT2D eigenvalue weighted by Gasteiger charge is -2.50. The van der Waals surface area contributed by atoms with Crippen molar-refractivity contribution >= 4 is 5.97 Å². The monoisotopic (exact) mass is 464 g/mol. The van der Waals surface area contributed by atoms with Crippen molar-refractivity contribution in [1.29, 1.82) is 0 Å². The summed E-state index contributed by atoms with van der Waals surface area (Å²) >= 11 is 0. The van der Waals surface area contributed by atoms with Crippen molar-refractivity contribution in [2.45, 2.75) is 90.3 Å². The Morgan fingerprint density at radius 2 is 1.97 bits per heavy atom. The maximum absolute atomic E-state index is 13.9. The van der Waals surface area contributed by atoms with Crippen molar-refractivity contribution in [3.63, 3.8) is 0 Å². The highest BCUT2D eigenvalue weighted by atomic mass is 19.1. The van der Waals surface area contributed by atoms with Crippen molar-refractivity contribution in [3.05, 3.63) is 65.0 Å². The van der Waals surface area contributed by atoms with Crippen LogP contribution in [0.3, 0.4) is 0 Å². The number of fused-ring (bicyclic) bond motifs is 5. The Morgan fingerprint density at radius 1 is 1.12 bits per heavy atom. The maximum atomic E-state index is 13.9. The zero-order chi connectivity index (χ0) is 23.7. The molecule has 2 aromatic carbocycles. The van der Waals surface area contributed by atoms with E-state index in [1.54, 1.807) is 12.1 Å². The summed E-state index contributed by atoms with van der Waals surface area (Å²) in [4.78, 5) is 12.4. The molecule has 34 heavy (non-hydrogen) atoms. The van der Waals surface area contributed by atoms with Gasteiger partial charge in [-0.25, -0.2) is 4.39 Å². The molecule has 0 aliphatic heterocycles. The lowest BCUT2D eigenvalue weighted by atomic mass is 9.55. The molecule has 5 rings (SSSR count). The van der Waals surface area contributed by atoms with Gasteiger partial charge in [0.05, 0.1) is 0 Å². The molecule has 5 atom stereocenters. The molecule has 4 heteroatoms. The summed E-state index contributed by atoms with van der Waals surface area (Å²) in [5.74, 6) is 2.46. The molecule has 0 radical (unpaired) electrons. The number of carbonyl (C=O) groups is 1. The van der Waals surface area contributed by atoms with E-state index in [1.807, 2.05) is 6.07 Å². The zero-order valence-corrected chi connectivity index (χ0v) is 20.5. The van der Waals surface area contributed by atoms with Gasteiger partial charge in [-0.05, 0) is 92.0 Å². The molecule has 0 saturated heterocycles. The fourth-order valence-electron chi connectivity index (χ4n) is 7.11. The molecule has 3 aliphatic rings. The fourth-order valence-corrected chi connectivity index (χ4v) is 7.11. The van der Waals surface area contributed by atoms with Gasteiger partial charge in [-0.3, -0.25) is 4.79 Å². The molecular weight excluding hydrogens is 427 g/mol. The summed E-state index contributed by atoms with van der Waals surface area (Å²) in [5.41, 5.74) is 3.55. The van der Waals surface area contributed by atoms with E-state index < -0.39 is 0 Å². The molecule has 0 N–H and O–H groups in total. The highest BCUT2D eigenvalue weighted by Gasteiger charge is 2.56. The van der Waals surface area contributed by atoms with Crippen molar-refractivity contribution in [2.75, 3.05) is 0 Å². The van der Waals surface area contributed by atoms with Crippen LogP contribution in [0.5, 0.6) is 5.75 Å². The minimum absolute atomic E-state index is 0.00671. The average molecular weight is 465 g/mol. The standard InChI is InChI=1S/C30H37FO3/c1-3-4-9-29(32)34-28-15-14-26-25-12-10-20-18-22(33-19-21-7-5-6-8-27(21)31)11-13-23(20)24(25)16-17-30(26,28)2/h5-8,11,13,18,24-26,28H,3-4,9-10,12,14-17,19H2,1-2H3/t24-,25-,26-,28-,30-/m0/s1. The number of rotatable bonds is 7. The highest BCUT2D eigenvalue weighted by Crippen LogP contribution is 2.61. The Morgan fingerprint density at radius 3 is 2.79 bits per heavy atom. The Balaban J connectivity index is 1.27. The third-order valence-corrected chi connectivity index (χ3v) is 8.97. The molecule has 0 aromatic heterocycles. The first-order valence-corrected chi connectivity index (χ1v) is 13.2. The third-order valence-electron chi connectivity index (χ3n) is 8.97. The van der Waals surface area contributed by atoms with Crippen molar-refractivity contribution in [3.8, 4) is 5.75 Å². The minimum atomic E-state index is -0.223. The van der Waals surface area contributed by atoms with Gasteiger partial charge in [0.2, 0.25) is 0 Å². The molecule has 3 nitrogen and oxygen atoms in total. The molecule has 0 amide bonds. The molecule has 0 heterocycles. The van der Waals surface area contributed by atoms with E-state index in [-0.39, 0.29) is 29.9 Å². The van der Waals surface area contributed by atoms with Gasteiger partial charge in [0.1, 0.15) is 24.3 Å². The van der Waals surface area contributed by atoms with Gasteiger partial charge in [0.25, 0.3) is 0 Å². The number of ether oxygens (including phenoxy) is 2. The number of hydrogen-bond acceptors (Lipinski definition) is 3. The second-order valence-electron chi connectivity index (χ2n) is 10.9. The van der Waals surface area contributed by atoms with Gasteiger partial charge in [0.15, 0.2) is 0 Å². The van der Waals surface area contributed by atoms with Gasteiger partial charge >= 0.3 is 5.97 Å². The molecule has 2 saturated carbocycles. The van der Waals surface area contributed by atoms with E-state index in [4.69, 9.17) is 9.47 Å². The normalized spacial score (nSPS) is 29.6. The zero-order valence-electron chi connectivity index (χ0n) is 20.5. The smallest absolute Gasteiger partial charge is 0.306 e. The second-order valence-corrected chi connectivity index (χ2v) is 10.9. The van der Waals surface area contributed by atoms with Crippen LogP contribution in [0.25, 0.3) is 0 Å². The molecule has 0 bridgehead atoms. The van der Waals surface area contributed by atoms with Crippen molar-refractivity contribution in [2.24, 2.45) is 17.3 Å². The SMILES string of the molecule is CCCCC(=O)O[C@H]1CC[C@H]2[C@H]3CCc4cc(OCc5ccccc5F)ccc4[C@@H]3CC[C@]12C. The van der Waals surface area contributed by atoms with Crippen molar-refractivity contribution < 1.29 is 18.7 Å². The summed E-state index contributed by atoms with van der Waals surface area (Å²) in [6.45, 7) is 4.74. The number of halogens is 1. The maximum Gasteiger partial charge on any atom is 0.306 e. The predicted octanol–water partition coefficient (Wildman–Crippen LogP) is 7.36.